The predicted molar refractivity (Wildman–Crippen MR) is 82.0 cm³/mol. The maximum atomic E-state index is 11.5. The molecule has 1 aromatic carbocycles. The maximum Gasteiger partial charge on any atom is 0.250 e. The van der Waals surface area contributed by atoms with Crippen molar-refractivity contribution in [3.8, 4) is 0 Å². The second-order valence-corrected chi connectivity index (χ2v) is 6.31. The molecule has 1 unspecified atom stereocenters. The number of carbonyl (C=O) groups excluding carboxylic acids is 1. The van der Waals surface area contributed by atoms with Crippen LogP contribution in [0.2, 0.25) is 0 Å². The largest absolute Gasteiger partial charge is 0.382 e. The third kappa shape index (κ3) is 4.23. The summed E-state index contributed by atoms with van der Waals surface area (Å²) >= 11 is 0. The average molecular weight is 276 g/mol. The third-order valence-electron chi connectivity index (χ3n) is 3.76. The van der Waals surface area contributed by atoms with Crippen LogP contribution in [0, 0.1) is 5.41 Å². The van der Waals surface area contributed by atoms with Crippen LogP contribution in [-0.2, 0) is 9.53 Å². The number of rotatable bonds is 5. The zero-order chi connectivity index (χ0) is 14.6. The van der Waals surface area contributed by atoms with E-state index in [1.165, 1.54) is 26.4 Å². The van der Waals surface area contributed by atoms with Gasteiger partial charge in [-0.2, -0.15) is 0 Å². The monoisotopic (exact) mass is 276 g/mol. The highest BCUT2D eigenvalue weighted by molar-refractivity contribution is 5.92. The zero-order valence-electron chi connectivity index (χ0n) is 12.5. The van der Waals surface area contributed by atoms with Gasteiger partial charge in [0.15, 0.2) is 0 Å². The first-order valence-corrected chi connectivity index (χ1v) is 7.14. The summed E-state index contributed by atoms with van der Waals surface area (Å²) in [6.07, 6.45) is 3.65. The topological polar surface area (TPSA) is 50.4 Å². The van der Waals surface area contributed by atoms with Crippen LogP contribution in [0.3, 0.4) is 0 Å². The molecule has 1 aliphatic carbocycles. The molecule has 20 heavy (non-hydrogen) atoms. The number of ether oxygens (including phenoxy) is 1. The van der Waals surface area contributed by atoms with Gasteiger partial charge in [-0.25, -0.2) is 0 Å². The number of nitrogens with one attached hydrogen (secondary N) is 2. The molecular formula is C16H24N2O2. The quantitative estimate of drug-likeness (QED) is 0.868. The van der Waals surface area contributed by atoms with E-state index in [1.807, 2.05) is 24.3 Å². The minimum absolute atomic E-state index is 0.0778. The second-order valence-electron chi connectivity index (χ2n) is 6.31. The van der Waals surface area contributed by atoms with E-state index in [0.717, 1.165) is 11.4 Å². The zero-order valence-corrected chi connectivity index (χ0v) is 12.5. The highest BCUT2D eigenvalue weighted by atomic mass is 16.5. The molecule has 0 radical (unpaired) electrons. The van der Waals surface area contributed by atoms with Gasteiger partial charge in [-0.3, -0.25) is 4.79 Å². The van der Waals surface area contributed by atoms with Crippen LogP contribution < -0.4 is 10.6 Å². The van der Waals surface area contributed by atoms with Crippen molar-refractivity contribution in [2.45, 2.75) is 39.2 Å². The summed E-state index contributed by atoms with van der Waals surface area (Å²) in [4.78, 5) is 11.5. The number of amides is 1. The molecule has 0 saturated heterocycles. The van der Waals surface area contributed by atoms with Crippen LogP contribution in [0.15, 0.2) is 24.3 Å². The Morgan fingerprint density at radius 2 is 2.15 bits per heavy atom. The van der Waals surface area contributed by atoms with Gasteiger partial charge in [0.25, 0.3) is 0 Å². The lowest BCUT2D eigenvalue weighted by atomic mass is 9.92. The van der Waals surface area contributed by atoms with Gasteiger partial charge in [-0.15, -0.1) is 0 Å². The van der Waals surface area contributed by atoms with E-state index in [2.05, 4.69) is 24.5 Å². The van der Waals surface area contributed by atoms with Crippen molar-refractivity contribution >= 4 is 17.3 Å². The van der Waals surface area contributed by atoms with Crippen molar-refractivity contribution in [2.24, 2.45) is 5.41 Å². The normalized spacial score (nSPS) is 20.6. The average Bonchev–Trinajstić information content (AvgIpc) is 2.69. The van der Waals surface area contributed by atoms with Gasteiger partial charge in [-0.1, -0.05) is 19.9 Å². The van der Waals surface area contributed by atoms with Crippen molar-refractivity contribution < 1.29 is 9.53 Å². The number of benzene rings is 1. The number of carbonyl (C=O) groups is 1. The van der Waals surface area contributed by atoms with Gasteiger partial charge in [0.1, 0.15) is 6.61 Å². The molecule has 0 heterocycles. The summed E-state index contributed by atoms with van der Waals surface area (Å²) in [5.41, 5.74) is 2.29. The Morgan fingerprint density at radius 1 is 1.40 bits per heavy atom. The van der Waals surface area contributed by atoms with Crippen molar-refractivity contribution in [1.82, 2.24) is 0 Å². The molecule has 0 aromatic heterocycles. The van der Waals surface area contributed by atoms with Gasteiger partial charge >= 0.3 is 0 Å². The van der Waals surface area contributed by atoms with E-state index in [1.54, 1.807) is 0 Å². The molecule has 4 nitrogen and oxygen atoms in total. The van der Waals surface area contributed by atoms with E-state index >= 15 is 0 Å². The van der Waals surface area contributed by atoms with Gasteiger partial charge in [0.05, 0.1) is 0 Å². The Balaban J connectivity index is 1.94. The van der Waals surface area contributed by atoms with E-state index in [-0.39, 0.29) is 12.5 Å². The van der Waals surface area contributed by atoms with E-state index in [4.69, 9.17) is 4.74 Å². The summed E-state index contributed by atoms with van der Waals surface area (Å²) in [7, 11) is 1.51. The minimum Gasteiger partial charge on any atom is -0.382 e. The Hall–Kier alpha value is -1.55. The summed E-state index contributed by atoms with van der Waals surface area (Å²) < 4.78 is 4.81. The first-order chi connectivity index (χ1) is 9.48. The van der Waals surface area contributed by atoms with Gasteiger partial charge in [0.2, 0.25) is 5.91 Å². The first-order valence-electron chi connectivity index (χ1n) is 7.14. The lowest BCUT2D eigenvalue weighted by Crippen LogP contribution is -2.19. The lowest BCUT2D eigenvalue weighted by molar-refractivity contribution is -0.119. The van der Waals surface area contributed by atoms with E-state index < -0.39 is 0 Å². The van der Waals surface area contributed by atoms with Crippen molar-refractivity contribution in [1.29, 1.82) is 0 Å². The molecule has 1 amide bonds. The van der Waals surface area contributed by atoms with Gasteiger partial charge in [-0.05, 0) is 42.9 Å². The fourth-order valence-corrected chi connectivity index (χ4v) is 2.81. The van der Waals surface area contributed by atoms with E-state index in [9.17, 15) is 4.79 Å². The van der Waals surface area contributed by atoms with Crippen molar-refractivity contribution in [2.75, 3.05) is 24.4 Å². The Kier molecular flexibility index (Phi) is 4.65. The smallest absolute Gasteiger partial charge is 0.250 e. The molecule has 110 valence electrons. The van der Waals surface area contributed by atoms with Crippen LogP contribution >= 0.6 is 0 Å². The van der Waals surface area contributed by atoms with Gasteiger partial charge < -0.3 is 15.4 Å². The van der Waals surface area contributed by atoms with Crippen LogP contribution in [-0.4, -0.2) is 25.7 Å². The predicted octanol–water partition coefficient (Wildman–Crippen LogP) is 3.26. The fraction of sp³-hybridized carbons (Fsp3) is 0.562. The molecule has 1 saturated carbocycles. The molecule has 1 fully saturated rings. The standard InChI is InChI=1S/C16H24N2O2/c1-16(2)8-7-14(10-16)17-12-5-4-6-13(9-12)18-15(19)11-20-3/h4-6,9,14,17H,7-8,10-11H2,1-3H3,(H,18,19). The van der Waals surface area contributed by atoms with Crippen LogP contribution in [0.1, 0.15) is 33.1 Å². The Labute approximate surface area is 120 Å². The third-order valence-corrected chi connectivity index (χ3v) is 3.76. The molecule has 4 heteroatoms. The fourth-order valence-electron chi connectivity index (χ4n) is 2.81. The number of anilines is 2. The molecule has 0 aliphatic heterocycles. The molecule has 1 atom stereocenters. The molecule has 0 spiro atoms. The van der Waals surface area contributed by atoms with Crippen molar-refractivity contribution in [3.05, 3.63) is 24.3 Å². The first kappa shape index (κ1) is 14.9. The molecule has 0 bridgehead atoms. The highest BCUT2D eigenvalue weighted by Gasteiger charge is 2.30. The molecule has 1 aromatic rings. The Morgan fingerprint density at radius 3 is 2.80 bits per heavy atom. The summed E-state index contributed by atoms with van der Waals surface area (Å²) in [6.45, 7) is 4.71. The number of hydrogen-bond donors (Lipinski definition) is 2. The molecule has 2 N–H and O–H groups in total. The Bertz CT molecular complexity index is 471. The van der Waals surface area contributed by atoms with Crippen LogP contribution in [0.25, 0.3) is 0 Å². The minimum atomic E-state index is -0.133. The lowest BCUT2D eigenvalue weighted by Gasteiger charge is -2.19. The van der Waals surface area contributed by atoms with Crippen LogP contribution in [0.5, 0.6) is 0 Å². The molecule has 2 rings (SSSR count). The summed E-state index contributed by atoms with van der Waals surface area (Å²) in [5, 5.41) is 6.38. The highest BCUT2D eigenvalue weighted by Crippen LogP contribution is 2.38. The second kappa shape index (κ2) is 6.27. The maximum absolute atomic E-state index is 11.5. The number of methoxy groups -OCH3 is 1. The molecule has 1 aliphatic rings. The summed E-state index contributed by atoms with van der Waals surface area (Å²) in [6, 6.07) is 8.37. The van der Waals surface area contributed by atoms with E-state index in [0.29, 0.717) is 11.5 Å². The SMILES string of the molecule is COCC(=O)Nc1cccc(NC2CCC(C)(C)C2)c1. The van der Waals surface area contributed by atoms with Crippen molar-refractivity contribution in [3.63, 3.8) is 0 Å². The van der Waals surface area contributed by atoms with Gasteiger partial charge in [0, 0.05) is 24.5 Å². The molecular weight excluding hydrogens is 252 g/mol. The van der Waals surface area contributed by atoms with Crippen LogP contribution in [0.4, 0.5) is 11.4 Å². The summed E-state index contributed by atoms with van der Waals surface area (Å²) in [5.74, 6) is -0.133. The number of hydrogen-bond acceptors (Lipinski definition) is 3.